The van der Waals surface area contributed by atoms with E-state index in [9.17, 15) is 4.79 Å². The lowest BCUT2D eigenvalue weighted by Crippen LogP contribution is -2.27. The molecular weight excluding hydrogens is 212 g/mol. The third kappa shape index (κ3) is 4.10. The maximum atomic E-state index is 11.4. The highest BCUT2D eigenvalue weighted by Gasteiger charge is 2.22. The Morgan fingerprint density at radius 2 is 2.00 bits per heavy atom. The number of carbonyl (C=O) groups is 1. The van der Waals surface area contributed by atoms with Gasteiger partial charge in [0.15, 0.2) is 0 Å². The molecule has 0 unspecified atom stereocenters. The van der Waals surface area contributed by atoms with E-state index in [2.05, 4.69) is 41.8 Å². The molecule has 0 heterocycles. The molecule has 0 spiro atoms. The van der Waals surface area contributed by atoms with Crippen LogP contribution >= 0.6 is 0 Å². The van der Waals surface area contributed by atoms with Crippen LogP contribution in [0.15, 0.2) is 24.3 Å². The maximum Gasteiger partial charge on any atom is 0.221 e. The molecule has 92 valence electrons. The normalized spacial score (nSPS) is 14.4. The Kier molecular flexibility index (Phi) is 4.02. The van der Waals surface area contributed by atoms with Gasteiger partial charge >= 0.3 is 0 Å². The number of hydrogen-bond donors (Lipinski definition) is 2. The van der Waals surface area contributed by atoms with Crippen molar-refractivity contribution in [2.45, 2.75) is 38.6 Å². The van der Waals surface area contributed by atoms with E-state index in [0.717, 1.165) is 24.9 Å². The molecule has 1 fully saturated rings. The lowest BCUT2D eigenvalue weighted by molar-refractivity contribution is -0.120. The van der Waals surface area contributed by atoms with Crippen LogP contribution in [0.25, 0.3) is 0 Å². The summed E-state index contributed by atoms with van der Waals surface area (Å²) in [6, 6.07) is 8.83. The fraction of sp³-hybridized carbons (Fsp3) is 0.500. The van der Waals surface area contributed by atoms with Crippen molar-refractivity contribution >= 4 is 11.6 Å². The number of carbonyl (C=O) groups excluding carboxylic acids is 1. The Morgan fingerprint density at radius 3 is 2.59 bits per heavy atom. The average Bonchev–Trinajstić information content (AvgIpc) is 3.14. The van der Waals surface area contributed by atoms with Gasteiger partial charge in [-0.25, -0.2) is 0 Å². The second kappa shape index (κ2) is 5.71. The van der Waals surface area contributed by atoms with E-state index in [1.165, 1.54) is 5.56 Å². The number of amides is 1. The molecular formula is C14H20N2O. The summed E-state index contributed by atoms with van der Waals surface area (Å²) < 4.78 is 0. The lowest BCUT2D eigenvalue weighted by atomic mass is 10.1. The zero-order valence-electron chi connectivity index (χ0n) is 10.3. The molecule has 2 N–H and O–H groups in total. The van der Waals surface area contributed by atoms with Crippen LogP contribution in [0, 0.1) is 0 Å². The molecule has 0 saturated heterocycles. The number of hydrogen-bond acceptors (Lipinski definition) is 2. The van der Waals surface area contributed by atoms with Gasteiger partial charge in [-0.3, -0.25) is 4.79 Å². The van der Waals surface area contributed by atoms with Gasteiger partial charge in [0, 0.05) is 24.7 Å². The summed E-state index contributed by atoms with van der Waals surface area (Å²) in [4.78, 5) is 11.4. The second-order valence-electron chi connectivity index (χ2n) is 4.57. The Labute approximate surface area is 103 Å². The van der Waals surface area contributed by atoms with Crippen molar-refractivity contribution in [1.82, 2.24) is 5.32 Å². The number of aryl methyl sites for hydroxylation is 1. The standard InChI is InChI=1S/C14H20N2O/c1-2-11-3-5-12(6-4-11)15-10-9-14(17)16-13-7-8-13/h3-6,13,15H,2,7-10H2,1H3,(H,16,17). The van der Waals surface area contributed by atoms with Crippen LogP contribution in [0.3, 0.4) is 0 Å². The summed E-state index contributed by atoms with van der Waals surface area (Å²) in [5.74, 6) is 0.158. The maximum absolute atomic E-state index is 11.4. The first-order valence-corrected chi connectivity index (χ1v) is 6.40. The largest absolute Gasteiger partial charge is 0.385 e. The van der Waals surface area contributed by atoms with E-state index >= 15 is 0 Å². The zero-order valence-corrected chi connectivity index (χ0v) is 10.3. The monoisotopic (exact) mass is 232 g/mol. The van der Waals surface area contributed by atoms with E-state index in [-0.39, 0.29) is 5.91 Å². The molecule has 0 bridgehead atoms. The molecule has 2 rings (SSSR count). The highest BCUT2D eigenvalue weighted by atomic mass is 16.1. The van der Waals surface area contributed by atoms with Crippen molar-refractivity contribution in [2.24, 2.45) is 0 Å². The van der Waals surface area contributed by atoms with Gasteiger partial charge in [-0.1, -0.05) is 19.1 Å². The molecule has 0 aliphatic heterocycles. The molecule has 1 aliphatic rings. The highest BCUT2D eigenvalue weighted by Crippen LogP contribution is 2.18. The lowest BCUT2D eigenvalue weighted by Gasteiger charge is -2.07. The second-order valence-corrected chi connectivity index (χ2v) is 4.57. The average molecular weight is 232 g/mol. The van der Waals surface area contributed by atoms with Crippen LogP contribution in [0.1, 0.15) is 31.7 Å². The summed E-state index contributed by atoms with van der Waals surface area (Å²) in [6.45, 7) is 2.84. The van der Waals surface area contributed by atoms with Crippen LogP contribution in [-0.2, 0) is 11.2 Å². The molecule has 1 aliphatic carbocycles. The van der Waals surface area contributed by atoms with Crippen molar-refractivity contribution in [2.75, 3.05) is 11.9 Å². The zero-order chi connectivity index (χ0) is 12.1. The fourth-order valence-corrected chi connectivity index (χ4v) is 1.71. The molecule has 17 heavy (non-hydrogen) atoms. The Balaban J connectivity index is 1.67. The van der Waals surface area contributed by atoms with Gasteiger partial charge in [0.2, 0.25) is 5.91 Å². The first-order chi connectivity index (χ1) is 8.28. The minimum absolute atomic E-state index is 0.158. The van der Waals surface area contributed by atoms with E-state index in [4.69, 9.17) is 0 Å². The molecule has 1 amide bonds. The third-order valence-corrected chi connectivity index (χ3v) is 2.99. The molecule has 0 aromatic heterocycles. The number of rotatable bonds is 6. The SMILES string of the molecule is CCc1ccc(NCCC(=O)NC2CC2)cc1. The highest BCUT2D eigenvalue weighted by molar-refractivity contribution is 5.77. The van der Waals surface area contributed by atoms with Crippen LogP contribution in [0.4, 0.5) is 5.69 Å². The predicted molar refractivity (Wildman–Crippen MR) is 70.1 cm³/mol. The number of anilines is 1. The van der Waals surface area contributed by atoms with Crippen LogP contribution in [0.5, 0.6) is 0 Å². The van der Waals surface area contributed by atoms with Gasteiger partial charge in [-0.05, 0) is 37.0 Å². The predicted octanol–water partition coefficient (Wildman–Crippen LogP) is 2.33. The van der Waals surface area contributed by atoms with Gasteiger partial charge in [-0.2, -0.15) is 0 Å². The first-order valence-electron chi connectivity index (χ1n) is 6.40. The van der Waals surface area contributed by atoms with Crippen LogP contribution < -0.4 is 10.6 Å². The first kappa shape index (κ1) is 12.0. The van der Waals surface area contributed by atoms with Crippen molar-refractivity contribution in [3.05, 3.63) is 29.8 Å². The van der Waals surface area contributed by atoms with Crippen LogP contribution in [-0.4, -0.2) is 18.5 Å². The molecule has 3 nitrogen and oxygen atoms in total. The Bertz CT molecular complexity index is 368. The third-order valence-electron chi connectivity index (χ3n) is 2.99. The molecule has 1 saturated carbocycles. The van der Waals surface area contributed by atoms with Gasteiger partial charge in [0.05, 0.1) is 0 Å². The Hall–Kier alpha value is -1.51. The fourth-order valence-electron chi connectivity index (χ4n) is 1.71. The summed E-state index contributed by atoms with van der Waals surface area (Å²) in [7, 11) is 0. The van der Waals surface area contributed by atoms with Gasteiger partial charge in [-0.15, -0.1) is 0 Å². The van der Waals surface area contributed by atoms with Gasteiger partial charge in [0.25, 0.3) is 0 Å². The van der Waals surface area contributed by atoms with Crippen molar-refractivity contribution in [1.29, 1.82) is 0 Å². The number of benzene rings is 1. The van der Waals surface area contributed by atoms with Crippen molar-refractivity contribution < 1.29 is 4.79 Å². The molecule has 3 heteroatoms. The molecule has 0 atom stereocenters. The van der Waals surface area contributed by atoms with E-state index in [1.54, 1.807) is 0 Å². The summed E-state index contributed by atoms with van der Waals surface area (Å²) in [5, 5.41) is 6.24. The van der Waals surface area contributed by atoms with Crippen molar-refractivity contribution in [3.63, 3.8) is 0 Å². The smallest absolute Gasteiger partial charge is 0.221 e. The summed E-state index contributed by atoms with van der Waals surface area (Å²) in [5.41, 5.74) is 2.42. The minimum Gasteiger partial charge on any atom is -0.385 e. The van der Waals surface area contributed by atoms with Gasteiger partial charge < -0.3 is 10.6 Å². The van der Waals surface area contributed by atoms with Crippen LogP contribution in [0.2, 0.25) is 0 Å². The minimum atomic E-state index is 0.158. The topological polar surface area (TPSA) is 41.1 Å². The summed E-state index contributed by atoms with van der Waals surface area (Å²) in [6.07, 6.45) is 3.91. The van der Waals surface area contributed by atoms with E-state index in [0.29, 0.717) is 19.0 Å². The number of nitrogens with one attached hydrogen (secondary N) is 2. The molecule has 1 aromatic rings. The van der Waals surface area contributed by atoms with E-state index in [1.807, 2.05) is 0 Å². The molecule has 0 radical (unpaired) electrons. The van der Waals surface area contributed by atoms with Gasteiger partial charge in [0.1, 0.15) is 0 Å². The molecule has 1 aromatic carbocycles. The summed E-state index contributed by atoms with van der Waals surface area (Å²) >= 11 is 0. The Morgan fingerprint density at radius 1 is 1.29 bits per heavy atom. The quantitative estimate of drug-likeness (QED) is 0.790. The van der Waals surface area contributed by atoms with E-state index < -0.39 is 0 Å². The van der Waals surface area contributed by atoms with Crippen molar-refractivity contribution in [3.8, 4) is 0 Å².